The molecule has 0 amide bonds. The maximum Gasteiger partial charge on any atom is 0.0336 e. The fourth-order valence-electron chi connectivity index (χ4n) is 3.79. The molecule has 1 heteroatoms. The molecule has 0 saturated heterocycles. The third-order valence-electron chi connectivity index (χ3n) is 4.58. The van der Waals surface area contributed by atoms with Gasteiger partial charge in [0.05, 0.1) is 0 Å². The Balaban J connectivity index is 1.58. The third kappa shape index (κ3) is 3.12. The minimum atomic E-state index is 0.452. The molecule has 2 aliphatic rings. The standard InChI is InChI=1S/C14H25Cl/c1-2-4-14(15)6-3-5-12-9-11-7-8-13(12)10-11/h11-14H,2-10H2,1H3. The predicted molar refractivity (Wildman–Crippen MR) is 67.3 cm³/mol. The molecule has 2 bridgehead atoms. The molecule has 0 aliphatic heterocycles. The van der Waals surface area contributed by atoms with Crippen molar-refractivity contribution >= 4 is 11.6 Å². The molecular weight excluding hydrogens is 204 g/mol. The van der Waals surface area contributed by atoms with Gasteiger partial charge in [-0.25, -0.2) is 0 Å². The molecule has 88 valence electrons. The molecule has 4 unspecified atom stereocenters. The van der Waals surface area contributed by atoms with Crippen molar-refractivity contribution in [1.29, 1.82) is 0 Å². The average molecular weight is 229 g/mol. The zero-order valence-electron chi connectivity index (χ0n) is 10.1. The highest BCUT2D eigenvalue weighted by atomic mass is 35.5. The molecular formula is C14H25Cl. The lowest BCUT2D eigenvalue weighted by Gasteiger charge is -2.21. The molecule has 2 fully saturated rings. The van der Waals surface area contributed by atoms with Crippen molar-refractivity contribution in [2.75, 3.05) is 0 Å². The Morgan fingerprint density at radius 2 is 2.07 bits per heavy atom. The molecule has 0 heterocycles. The van der Waals surface area contributed by atoms with E-state index in [1.807, 2.05) is 0 Å². The van der Waals surface area contributed by atoms with Gasteiger partial charge in [0.15, 0.2) is 0 Å². The van der Waals surface area contributed by atoms with Gasteiger partial charge < -0.3 is 0 Å². The first kappa shape index (κ1) is 11.8. The molecule has 0 aromatic heterocycles. The van der Waals surface area contributed by atoms with Crippen molar-refractivity contribution in [2.24, 2.45) is 17.8 Å². The van der Waals surface area contributed by atoms with Crippen LogP contribution >= 0.6 is 11.6 Å². The molecule has 15 heavy (non-hydrogen) atoms. The molecule has 0 aromatic rings. The molecule has 0 N–H and O–H groups in total. The van der Waals surface area contributed by atoms with E-state index in [9.17, 15) is 0 Å². The highest BCUT2D eigenvalue weighted by Gasteiger charge is 2.38. The van der Waals surface area contributed by atoms with Crippen LogP contribution in [0.15, 0.2) is 0 Å². The van der Waals surface area contributed by atoms with Gasteiger partial charge in [-0.05, 0) is 49.9 Å². The Labute approximate surface area is 99.8 Å². The van der Waals surface area contributed by atoms with E-state index in [4.69, 9.17) is 11.6 Å². The van der Waals surface area contributed by atoms with Crippen LogP contribution in [0.1, 0.15) is 64.7 Å². The zero-order valence-corrected chi connectivity index (χ0v) is 10.8. The molecule has 2 rings (SSSR count). The lowest BCUT2D eigenvalue weighted by atomic mass is 9.85. The van der Waals surface area contributed by atoms with E-state index in [0.29, 0.717) is 5.38 Å². The van der Waals surface area contributed by atoms with Crippen molar-refractivity contribution in [1.82, 2.24) is 0 Å². The largest absolute Gasteiger partial charge is 0.123 e. The van der Waals surface area contributed by atoms with Crippen LogP contribution in [-0.4, -0.2) is 5.38 Å². The van der Waals surface area contributed by atoms with Crippen molar-refractivity contribution in [2.45, 2.75) is 70.1 Å². The summed E-state index contributed by atoms with van der Waals surface area (Å²) < 4.78 is 0. The Bertz CT molecular complexity index is 190. The molecule has 0 spiro atoms. The number of fused-ring (bicyclic) bond motifs is 2. The van der Waals surface area contributed by atoms with Crippen LogP contribution < -0.4 is 0 Å². The lowest BCUT2D eigenvalue weighted by Crippen LogP contribution is -2.10. The SMILES string of the molecule is CCCC(Cl)CCCC1CC2CCC1C2. The summed E-state index contributed by atoms with van der Waals surface area (Å²) in [7, 11) is 0. The van der Waals surface area contributed by atoms with Crippen molar-refractivity contribution in [3.63, 3.8) is 0 Å². The molecule has 0 aromatic carbocycles. The van der Waals surface area contributed by atoms with Gasteiger partial charge in [-0.15, -0.1) is 11.6 Å². The second-order valence-electron chi connectivity index (χ2n) is 5.75. The van der Waals surface area contributed by atoms with Gasteiger partial charge in [0.25, 0.3) is 0 Å². The molecule has 0 nitrogen and oxygen atoms in total. The molecule has 4 atom stereocenters. The van der Waals surface area contributed by atoms with E-state index in [1.54, 1.807) is 12.8 Å². The summed E-state index contributed by atoms with van der Waals surface area (Å²) >= 11 is 6.25. The van der Waals surface area contributed by atoms with Crippen LogP contribution in [0.25, 0.3) is 0 Å². The minimum Gasteiger partial charge on any atom is -0.123 e. The normalized spacial score (nSPS) is 36.0. The third-order valence-corrected chi connectivity index (χ3v) is 5.02. The van der Waals surface area contributed by atoms with Gasteiger partial charge in [-0.2, -0.15) is 0 Å². The number of halogens is 1. The summed E-state index contributed by atoms with van der Waals surface area (Å²) in [6, 6.07) is 0. The van der Waals surface area contributed by atoms with E-state index in [1.165, 1.54) is 44.9 Å². The van der Waals surface area contributed by atoms with E-state index in [0.717, 1.165) is 17.8 Å². The maximum absolute atomic E-state index is 6.25. The lowest BCUT2D eigenvalue weighted by molar-refractivity contribution is 0.305. The minimum absolute atomic E-state index is 0.452. The van der Waals surface area contributed by atoms with Crippen molar-refractivity contribution < 1.29 is 0 Å². The number of alkyl halides is 1. The van der Waals surface area contributed by atoms with E-state index in [2.05, 4.69) is 6.92 Å². The molecule has 0 radical (unpaired) electrons. The summed E-state index contributed by atoms with van der Waals surface area (Å²) in [6.45, 7) is 2.23. The Hall–Kier alpha value is 0.290. The second-order valence-corrected chi connectivity index (χ2v) is 6.37. The van der Waals surface area contributed by atoms with Crippen LogP contribution in [0.2, 0.25) is 0 Å². The quantitative estimate of drug-likeness (QED) is 0.562. The van der Waals surface area contributed by atoms with Crippen LogP contribution in [-0.2, 0) is 0 Å². The van der Waals surface area contributed by atoms with E-state index < -0.39 is 0 Å². The van der Waals surface area contributed by atoms with Crippen LogP contribution in [0.4, 0.5) is 0 Å². The van der Waals surface area contributed by atoms with Gasteiger partial charge >= 0.3 is 0 Å². The number of hydrogen-bond donors (Lipinski definition) is 0. The smallest absolute Gasteiger partial charge is 0.0336 e. The molecule has 2 saturated carbocycles. The fraction of sp³-hybridized carbons (Fsp3) is 1.00. The Morgan fingerprint density at radius 3 is 2.67 bits per heavy atom. The highest BCUT2D eigenvalue weighted by molar-refractivity contribution is 6.20. The molecule has 2 aliphatic carbocycles. The topological polar surface area (TPSA) is 0 Å². The van der Waals surface area contributed by atoms with Gasteiger partial charge in [0.2, 0.25) is 0 Å². The van der Waals surface area contributed by atoms with E-state index >= 15 is 0 Å². The van der Waals surface area contributed by atoms with E-state index in [-0.39, 0.29) is 0 Å². The Morgan fingerprint density at radius 1 is 1.20 bits per heavy atom. The second kappa shape index (κ2) is 5.57. The monoisotopic (exact) mass is 228 g/mol. The fourth-order valence-corrected chi connectivity index (χ4v) is 4.16. The number of hydrogen-bond acceptors (Lipinski definition) is 0. The van der Waals surface area contributed by atoms with Gasteiger partial charge in [0, 0.05) is 5.38 Å². The summed E-state index contributed by atoms with van der Waals surface area (Å²) in [6.07, 6.45) is 12.7. The maximum atomic E-state index is 6.25. The van der Waals surface area contributed by atoms with Gasteiger partial charge in [-0.1, -0.05) is 32.6 Å². The first-order chi connectivity index (χ1) is 7.29. The first-order valence-electron chi connectivity index (χ1n) is 6.93. The Kier molecular flexibility index (Phi) is 4.37. The summed E-state index contributed by atoms with van der Waals surface area (Å²) in [5.74, 6) is 3.30. The van der Waals surface area contributed by atoms with Crippen molar-refractivity contribution in [3.8, 4) is 0 Å². The first-order valence-corrected chi connectivity index (χ1v) is 7.37. The summed E-state index contributed by atoms with van der Waals surface area (Å²) in [5.41, 5.74) is 0. The number of rotatable bonds is 6. The van der Waals surface area contributed by atoms with Crippen LogP contribution in [0.5, 0.6) is 0 Å². The van der Waals surface area contributed by atoms with Crippen molar-refractivity contribution in [3.05, 3.63) is 0 Å². The van der Waals surface area contributed by atoms with Crippen LogP contribution in [0, 0.1) is 17.8 Å². The van der Waals surface area contributed by atoms with Gasteiger partial charge in [0.1, 0.15) is 0 Å². The van der Waals surface area contributed by atoms with Crippen LogP contribution in [0.3, 0.4) is 0 Å². The predicted octanol–water partition coefficient (Wildman–Crippen LogP) is 5.00. The summed E-state index contributed by atoms with van der Waals surface area (Å²) in [5, 5.41) is 0.452. The average Bonchev–Trinajstić information content (AvgIpc) is 2.79. The summed E-state index contributed by atoms with van der Waals surface area (Å²) in [4.78, 5) is 0. The van der Waals surface area contributed by atoms with Gasteiger partial charge in [-0.3, -0.25) is 0 Å². The zero-order chi connectivity index (χ0) is 10.7. The highest BCUT2D eigenvalue weighted by Crippen LogP contribution is 2.50.